The second-order valence-electron chi connectivity index (χ2n) is 6.90. The van der Waals surface area contributed by atoms with Gasteiger partial charge in [-0.1, -0.05) is 60.1 Å². The number of para-hydroxylation sites is 1. The van der Waals surface area contributed by atoms with E-state index < -0.39 is 10.0 Å². The van der Waals surface area contributed by atoms with Crippen LogP contribution in [0.5, 0.6) is 0 Å². The van der Waals surface area contributed by atoms with Crippen molar-refractivity contribution in [3.05, 3.63) is 88.9 Å². The molecule has 0 aromatic heterocycles. The molecule has 0 atom stereocenters. The van der Waals surface area contributed by atoms with Gasteiger partial charge in [0.25, 0.3) is 10.0 Å². The van der Waals surface area contributed by atoms with Gasteiger partial charge in [-0.05, 0) is 36.8 Å². The average Bonchev–Trinajstić information content (AvgIpc) is 2.75. The number of Topliss-reactive ketones (excluding diaryl/α,β-unsaturated/α-hetero) is 1. The van der Waals surface area contributed by atoms with Crippen LogP contribution in [0.1, 0.15) is 28.8 Å². The Bertz CT molecular complexity index is 1210. The van der Waals surface area contributed by atoms with E-state index in [-0.39, 0.29) is 40.1 Å². The highest BCUT2D eigenvalue weighted by molar-refractivity contribution is 7.92. The van der Waals surface area contributed by atoms with Crippen molar-refractivity contribution in [1.29, 1.82) is 0 Å². The Labute approximate surface area is 186 Å². The number of amides is 1. The van der Waals surface area contributed by atoms with Crippen molar-refractivity contribution in [1.82, 2.24) is 0 Å². The van der Waals surface area contributed by atoms with Crippen LogP contribution in [0.4, 0.5) is 11.4 Å². The van der Waals surface area contributed by atoms with Crippen LogP contribution < -0.4 is 10.0 Å². The summed E-state index contributed by atoms with van der Waals surface area (Å²) in [5, 5.41) is 2.93. The molecule has 6 nitrogen and oxygen atoms in total. The first-order chi connectivity index (χ1) is 14.8. The Balaban J connectivity index is 1.69. The van der Waals surface area contributed by atoms with E-state index in [1.165, 1.54) is 6.07 Å². The number of hydrogen-bond donors (Lipinski definition) is 2. The topological polar surface area (TPSA) is 92.3 Å². The third-order valence-electron chi connectivity index (χ3n) is 4.55. The van der Waals surface area contributed by atoms with Crippen LogP contribution in [0.15, 0.2) is 77.7 Å². The molecule has 0 spiro atoms. The number of benzene rings is 3. The van der Waals surface area contributed by atoms with Gasteiger partial charge in [0, 0.05) is 24.1 Å². The molecule has 0 saturated heterocycles. The third kappa shape index (κ3) is 5.93. The Hall–Kier alpha value is -3.16. The number of carbonyl (C=O) groups excluding carboxylic acids is 2. The van der Waals surface area contributed by atoms with Gasteiger partial charge in [-0.3, -0.25) is 14.3 Å². The molecule has 3 aromatic rings. The van der Waals surface area contributed by atoms with Crippen LogP contribution >= 0.6 is 11.6 Å². The minimum atomic E-state index is -3.93. The summed E-state index contributed by atoms with van der Waals surface area (Å²) < 4.78 is 28.2. The monoisotopic (exact) mass is 456 g/mol. The number of halogens is 1. The molecule has 0 bridgehead atoms. The Morgan fingerprint density at radius 2 is 1.58 bits per heavy atom. The summed E-state index contributed by atoms with van der Waals surface area (Å²) >= 11 is 6.05. The number of aryl methyl sites for hydroxylation is 1. The van der Waals surface area contributed by atoms with Gasteiger partial charge < -0.3 is 5.32 Å². The minimum absolute atomic E-state index is 0.0123. The summed E-state index contributed by atoms with van der Waals surface area (Å²) in [4.78, 5) is 24.5. The molecule has 2 N–H and O–H groups in total. The average molecular weight is 457 g/mol. The molecule has 0 aliphatic rings. The van der Waals surface area contributed by atoms with Gasteiger partial charge in [-0.25, -0.2) is 8.42 Å². The van der Waals surface area contributed by atoms with Crippen LogP contribution in [-0.2, 0) is 14.8 Å². The van der Waals surface area contributed by atoms with E-state index in [0.717, 1.165) is 0 Å². The van der Waals surface area contributed by atoms with E-state index in [1.54, 1.807) is 67.6 Å². The quantitative estimate of drug-likeness (QED) is 0.464. The summed E-state index contributed by atoms with van der Waals surface area (Å²) in [7, 11) is -3.93. The second kappa shape index (κ2) is 9.76. The molecule has 160 valence electrons. The number of carbonyl (C=O) groups is 2. The molecule has 1 amide bonds. The molecular weight excluding hydrogens is 436 g/mol. The Kier molecular flexibility index (Phi) is 7.09. The zero-order chi connectivity index (χ0) is 22.4. The first-order valence-electron chi connectivity index (χ1n) is 9.52. The maximum atomic E-state index is 12.9. The predicted octanol–water partition coefficient (Wildman–Crippen LogP) is 5.05. The van der Waals surface area contributed by atoms with Crippen molar-refractivity contribution in [3.8, 4) is 0 Å². The number of hydrogen-bond acceptors (Lipinski definition) is 4. The summed E-state index contributed by atoms with van der Waals surface area (Å²) in [6.07, 6.45) is 0.0441. The molecule has 0 radical (unpaired) electrons. The zero-order valence-electron chi connectivity index (χ0n) is 16.8. The fourth-order valence-corrected chi connectivity index (χ4v) is 4.52. The lowest BCUT2D eigenvalue weighted by atomic mass is 10.1. The number of ketones is 1. The highest BCUT2D eigenvalue weighted by atomic mass is 35.5. The van der Waals surface area contributed by atoms with Crippen molar-refractivity contribution in [2.45, 2.75) is 24.7 Å². The summed E-state index contributed by atoms with van der Waals surface area (Å²) in [5.41, 5.74) is 1.64. The van der Waals surface area contributed by atoms with Gasteiger partial charge in [-0.15, -0.1) is 0 Å². The normalized spacial score (nSPS) is 11.0. The second-order valence-corrected chi connectivity index (χ2v) is 8.96. The molecule has 0 aliphatic carbocycles. The van der Waals surface area contributed by atoms with Gasteiger partial charge in [0.15, 0.2) is 5.78 Å². The summed E-state index contributed by atoms with van der Waals surface area (Å²) in [6.45, 7) is 1.66. The smallest absolute Gasteiger partial charge is 0.262 e. The highest BCUT2D eigenvalue weighted by Crippen LogP contribution is 2.27. The summed E-state index contributed by atoms with van der Waals surface area (Å²) in [5.74, 6) is -0.512. The van der Waals surface area contributed by atoms with Crippen molar-refractivity contribution >= 4 is 44.7 Å². The highest BCUT2D eigenvalue weighted by Gasteiger charge is 2.19. The molecule has 31 heavy (non-hydrogen) atoms. The molecule has 0 unspecified atom stereocenters. The standard InChI is InChI=1S/C23H21ClN2O4S/c1-16-11-12-18(25-23(28)14-13-21(27)17-7-3-2-4-8-17)15-22(16)31(29,30)26-20-10-6-5-9-19(20)24/h2-12,15,26H,13-14H2,1H3,(H,25,28). The van der Waals surface area contributed by atoms with E-state index >= 15 is 0 Å². The van der Waals surface area contributed by atoms with Crippen molar-refractivity contribution in [2.24, 2.45) is 0 Å². The number of anilines is 2. The zero-order valence-corrected chi connectivity index (χ0v) is 18.3. The van der Waals surface area contributed by atoms with E-state index in [4.69, 9.17) is 11.6 Å². The van der Waals surface area contributed by atoms with Gasteiger partial charge in [-0.2, -0.15) is 0 Å². The lowest BCUT2D eigenvalue weighted by Gasteiger charge is -2.13. The molecular formula is C23H21ClN2O4S. The van der Waals surface area contributed by atoms with Gasteiger partial charge >= 0.3 is 0 Å². The molecule has 0 saturated carbocycles. The van der Waals surface area contributed by atoms with Crippen LogP contribution in [0.3, 0.4) is 0 Å². The maximum absolute atomic E-state index is 12.9. The number of rotatable bonds is 8. The molecule has 0 aliphatic heterocycles. The predicted molar refractivity (Wildman–Crippen MR) is 122 cm³/mol. The van der Waals surface area contributed by atoms with Crippen LogP contribution in [0.2, 0.25) is 5.02 Å². The molecule has 3 aromatic carbocycles. The van der Waals surface area contributed by atoms with Crippen LogP contribution in [-0.4, -0.2) is 20.1 Å². The molecule has 8 heteroatoms. The largest absolute Gasteiger partial charge is 0.326 e. The minimum Gasteiger partial charge on any atom is -0.326 e. The third-order valence-corrected chi connectivity index (χ3v) is 6.39. The van der Waals surface area contributed by atoms with E-state index in [9.17, 15) is 18.0 Å². The molecule has 0 heterocycles. The maximum Gasteiger partial charge on any atom is 0.262 e. The van der Waals surface area contributed by atoms with Gasteiger partial charge in [0.05, 0.1) is 15.6 Å². The summed E-state index contributed by atoms with van der Waals surface area (Å²) in [6, 6.07) is 19.8. The van der Waals surface area contributed by atoms with Gasteiger partial charge in [0.2, 0.25) is 5.91 Å². The molecule has 0 fully saturated rings. The Morgan fingerprint density at radius 1 is 0.903 bits per heavy atom. The van der Waals surface area contributed by atoms with E-state index in [2.05, 4.69) is 10.0 Å². The van der Waals surface area contributed by atoms with Crippen LogP contribution in [0, 0.1) is 6.92 Å². The SMILES string of the molecule is Cc1ccc(NC(=O)CCC(=O)c2ccccc2)cc1S(=O)(=O)Nc1ccccc1Cl. The fourth-order valence-electron chi connectivity index (χ4n) is 2.93. The van der Waals surface area contributed by atoms with Crippen molar-refractivity contribution < 1.29 is 18.0 Å². The lowest BCUT2D eigenvalue weighted by molar-refractivity contribution is -0.116. The fraction of sp³-hybridized carbons (Fsp3) is 0.130. The van der Waals surface area contributed by atoms with Crippen molar-refractivity contribution in [2.75, 3.05) is 10.0 Å². The Morgan fingerprint density at radius 3 is 2.29 bits per heavy atom. The van der Waals surface area contributed by atoms with E-state index in [0.29, 0.717) is 16.8 Å². The van der Waals surface area contributed by atoms with Crippen LogP contribution in [0.25, 0.3) is 0 Å². The lowest BCUT2D eigenvalue weighted by Crippen LogP contribution is -2.17. The number of sulfonamides is 1. The first kappa shape index (κ1) is 22.5. The van der Waals surface area contributed by atoms with Gasteiger partial charge in [0.1, 0.15) is 0 Å². The number of nitrogens with one attached hydrogen (secondary N) is 2. The van der Waals surface area contributed by atoms with Crippen molar-refractivity contribution in [3.63, 3.8) is 0 Å². The molecule has 3 rings (SSSR count). The van der Waals surface area contributed by atoms with E-state index in [1.807, 2.05) is 6.07 Å². The first-order valence-corrected chi connectivity index (χ1v) is 11.4.